The van der Waals surface area contributed by atoms with Crippen LogP contribution >= 0.6 is 0 Å². The summed E-state index contributed by atoms with van der Waals surface area (Å²) in [5.74, 6) is 1.88. The second kappa shape index (κ2) is 11.6. The maximum absolute atomic E-state index is 5.07. The van der Waals surface area contributed by atoms with Gasteiger partial charge in [-0.1, -0.05) is 127 Å². The van der Waals surface area contributed by atoms with Gasteiger partial charge < -0.3 is 0 Å². The minimum atomic E-state index is 0.613. The smallest absolute Gasteiger partial charge is 0.164 e. The number of aromatic nitrogens is 4. The predicted molar refractivity (Wildman–Crippen MR) is 175 cm³/mol. The number of aryl methyl sites for hydroxylation is 1. The third-order valence-electron chi connectivity index (χ3n) is 7.39. The first-order chi connectivity index (χ1) is 21.2. The number of nitrogens with zero attached hydrogens (tertiary/aromatic N) is 4. The Kier molecular flexibility index (Phi) is 7.08. The Morgan fingerprint density at radius 3 is 1.30 bits per heavy atom. The summed E-state index contributed by atoms with van der Waals surface area (Å²) in [5, 5.41) is 0. The molecule has 0 spiro atoms. The Bertz CT molecular complexity index is 1950. The highest BCUT2D eigenvalue weighted by atomic mass is 15.0. The van der Waals surface area contributed by atoms with Gasteiger partial charge in [-0.3, -0.25) is 0 Å². The normalized spacial score (nSPS) is 10.9. The van der Waals surface area contributed by atoms with Gasteiger partial charge in [0.05, 0.1) is 11.4 Å². The zero-order valence-corrected chi connectivity index (χ0v) is 23.7. The third-order valence-corrected chi connectivity index (χ3v) is 7.39. The molecule has 5 aromatic carbocycles. The SMILES string of the molecule is Cc1ccc(-c2cc(-c3cccc(-c4ccccc4)n3)cc(-c3nc(-c4ccccc4)nc(-c4ccccc4)n3)c2)cc1. The lowest BCUT2D eigenvalue weighted by Gasteiger charge is -2.13. The van der Waals surface area contributed by atoms with Crippen molar-refractivity contribution in [1.82, 2.24) is 19.9 Å². The number of hydrogen-bond acceptors (Lipinski definition) is 4. The molecule has 0 atom stereocenters. The molecule has 2 aromatic heterocycles. The molecule has 0 bridgehead atoms. The Hall–Kier alpha value is -5.74. The first-order valence-corrected chi connectivity index (χ1v) is 14.3. The van der Waals surface area contributed by atoms with Gasteiger partial charge in [0.1, 0.15) is 0 Å². The van der Waals surface area contributed by atoms with Crippen molar-refractivity contribution in [3.63, 3.8) is 0 Å². The predicted octanol–water partition coefficient (Wildman–Crippen LogP) is 9.58. The van der Waals surface area contributed by atoms with Crippen LogP contribution < -0.4 is 0 Å². The van der Waals surface area contributed by atoms with Gasteiger partial charge in [0.15, 0.2) is 17.5 Å². The fourth-order valence-corrected chi connectivity index (χ4v) is 5.12. The van der Waals surface area contributed by atoms with Crippen LogP contribution in [0, 0.1) is 6.92 Å². The lowest BCUT2D eigenvalue weighted by atomic mass is 9.97. The van der Waals surface area contributed by atoms with Crippen molar-refractivity contribution in [3.8, 4) is 67.8 Å². The van der Waals surface area contributed by atoms with Crippen molar-refractivity contribution < 1.29 is 0 Å². The standard InChI is InChI=1S/C39H28N4/c1-27-20-22-28(23-21-27)32-24-33(36-19-11-18-35(40-36)29-12-5-2-6-13-29)26-34(25-32)39-42-37(30-14-7-3-8-15-30)41-38(43-39)31-16-9-4-10-17-31/h2-26H,1H3. The van der Waals surface area contributed by atoms with E-state index < -0.39 is 0 Å². The van der Waals surface area contributed by atoms with Crippen molar-refractivity contribution in [3.05, 3.63) is 157 Å². The average Bonchev–Trinajstić information content (AvgIpc) is 3.09. The summed E-state index contributed by atoms with van der Waals surface area (Å²) in [6, 6.07) is 51.6. The number of benzene rings is 5. The van der Waals surface area contributed by atoms with Crippen LogP contribution in [0.1, 0.15) is 5.56 Å². The quantitative estimate of drug-likeness (QED) is 0.206. The van der Waals surface area contributed by atoms with Gasteiger partial charge in [0.2, 0.25) is 0 Å². The van der Waals surface area contributed by atoms with Crippen LogP contribution in [0.15, 0.2) is 152 Å². The van der Waals surface area contributed by atoms with Crippen LogP contribution in [0.4, 0.5) is 0 Å². The van der Waals surface area contributed by atoms with E-state index in [0.717, 1.165) is 50.3 Å². The summed E-state index contributed by atoms with van der Waals surface area (Å²) in [7, 11) is 0. The molecule has 0 saturated heterocycles. The first kappa shape index (κ1) is 26.2. The molecule has 7 aromatic rings. The van der Waals surface area contributed by atoms with E-state index in [9.17, 15) is 0 Å². The van der Waals surface area contributed by atoms with E-state index >= 15 is 0 Å². The molecule has 7 rings (SSSR count). The van der Waals surface area contributed by atoms with Crippen LogP contribution in [-0.2, 0) is 0 Å². The van der Waals surface area contributed by atoms with Gasteiger partial charge in [-0.25, -0.2) is 19.9 Å². The Morgan fingerprint density at radius 2 is 0.744 bits per heavy atom. The van der Waals surface area contributed by atoms with Gasteiger partial charge in [0.25, 0.3) is 0 Å². The van der Waals surface area contributed by atoms with Gasteiger partial charge in [0, 0.05) is 27.8 Å². The molecule has 0 aliphatic rings. The highest BCUT2D eigenvalue weighted by Crippen LogP contribution is 2.33. The number of rotatable bonds is 6. The largest absolute Gasteiger partial charge is 0.248 e. The molecule has 204 valence electrons. The maximum atomic E-state index is 5.07. The van der Waals surface area contributed by atoms with Crippen molar-refractivity contribution in [2.75, 3.05) is 0 Å². The lowest BCUT2D eigenvalue weighted by Crippen LogP contribution is -2.00. The van der Waals surface area contributed by atoms with Crippen molar-refractivity contribution >= 4 is 0 Å². The topological polar surface area (TPSA) is 51.6 Å². The Labute approximate surface area is 251 Å². The fraction of sp³-hybridized carbons (Fsp3) is 0.0256. The summed E-state index contributed by atoms with van der Waals surface area (Å²) in [6.45, 7) is 2.10. The summed E-state index contributed by atoms with van der Waals surface area (Å²) in [4.78, 5) is 20.0. The molecular weight excluding hydrogens is 524 g/mol. The van der Waals surface area contributed by atoms with Crippen molar-refractivity contribution in [2.45, 2.75) is 6.92 Å². The second-order valence-electron chi connectivity index (χ2n) is 10.5. The average molecular weight is 553 g/mol. The monoisotopic (exact) mass is 552 g/mol. The van der Waals surface area contributed by atoms with Crippen LogP contribution in [0.5, 0.6) is 0 Å². The lowest BCUT2D eigenvalue weighted by molar-refractivity contribution is 1.07. The fourth-order valence-electron chi connectivity index (χ4n) is 5.12. The van der Waals surface area contributed by atoms with E-state index in [1.54, 1.807) is 0 Å². The zero-order chi connectivity index (χ0) is 29.0. The van der Waals surface area contributed by atoms with Gasteiger partial charge >= 0.3 is 0 Å². The van der Waals surface area contributed by atoms with Gasteiger partial charge in [-0.15, -0.1) is 0 Å². The molecule has 4 heteroatoms. The molecular formula is C39H28N4. The van der Waals surface area contributed by atoms with E-state index in [0.29, 0.717) is 17.5 Å². The molecule has 0 aliphatic heterocycles. The molecule has 43 heavy (non-hydrogen) atoms. The van der Waals surface area contributed by atoms with Crippen LogP contribution in [-0.4, -0.2) is 19.9 Å². The molecule has 0 amide bonds. The van der Waals surface area contributed by atoms with Crippen LogP contribution in [0.25, 0.3) is 67.8 Å². The summed E-state index contributed by atoms with van der Waals surface area (Å²) < 4.78 is 0. The maximum Gasteiger partial charge on any atom is 0.164 e. The van der Waals surface area contributed by atoms with Gasteiger partial charge in [-0.2, -0.15) is 0 Å². The van der Waals surface area contributed by atoms with Gasteiger partial charge in [-0.05, 0) is 48.4 Å². The molecule has 4 nitrogen and oxygen atoms in total. The zero-order valence-electron chi connectivity index (χ0n) is 23.7. The molecule has 0 aliphatic carbocycles. The third kappa shape index (κ3) is 5.72. The van der Waals surface area contributed by atoms with Crippen molar-refractivity contribution in [2.24, 2.45) is 0 Å². The Balaban J connectivity index is 1.43. The molecule has 0 fully saturated rings. The summed E-state index contributed by atoms with van der Waals surface area (Å²) in [5.41, 5.74) is 10.1. The first-order valence-electron chi connectivity index (χ1n) is 14.3. The van der Waals surface area contributed by atoms with E-state index in [4.69, 9.17) is 19.9 Å². The molecule has 0 N–H and O–H groups in total. The van der Waals surface area contributed by atoms with E-state index in [-0.39, 0.29) is 0 Å². The minimum absolute atomic E-state index is 0.613. The highest BCUT2D eigenvalue weighted by Gasteiger charge is 2.15. The van der Waals surface area contributed by atoms with E-state index in [1.165, 1.54) is 5.56 Å². The second-order valence-corrected chi connectivity index (χ2v) is 10.5. The Morgan fingerprint density at radius 1 is 0.302 bits per heavy atom. The van der Waals surface area contributed by atoms with Crippen LogP contribution in [0.2, 0.25) is 0 Å². The summed E-state index contributed by atoms with van der Waals surface area (Å²) >= 11 is 0. The summed E-state index contributed by atoms with van der Waals surface area (Å²) in [6.07, 6.45) is 0. The molecule has 2 heterocycles. The minimum Gasteiger partial charge on any atom is -0.248 e. The number of hydrogen-bond donors (Lipinski definition) is 0. The van der Waals surface area contributed by atoms with E-state index in [1.807, 2.05) is 84.9 Å². The highest BCUT2D eigenvalue weighted by molar-refractivity contribution is 5.80. The van der Waals surface area contributed by atoms with Crippen molar-refractivity contribution in [1.29, 1.82) is 0 Å². The molecule has 0 saturated carbocycles. The number of pyridine rings is 1. The molecule has 0 unspecified atom stereocenters. The van der Waals surface area contributed by atoms with E-state index in [2.05, 4.69) is 73.7 Å². The van der Waals surface area contributed by atoms with Crippen LogP contribution in [0.3, 0.4) is 0 Å². The molecule has 0 radical (unpaired) electrons.